The van der Waals surface area contributed by atoms with Gasteiger partial charge in [-0.3, -0.25) is 4.79 Å². The number of ether oxygens (including phenoxy) is 1. The quantitative estimate of drug-likeness (QED) is 0.564. The number of rotatable bonds is 1. The zero-order valence-corrected chi connectivity index (χ0v) is 8.22. The van der Waals surface area contributed by atoms with E-state index in [1.165, 1.54) is 6.92 Å². The van der Waals surface area contributed by atoms with Crippen molar-refractivity contribution in [3.63, 3.8) is 0 Å². The largest absolute Gasteiger partial charge is 0.384 e. The first kappa shape index (κ1) is 9.89. The molecule has 3 atom stereocenters. The molecule has 2 saturated heterocycles. The summed E-state index contributed by atoms with van der Waals surface area (Å²) in [5.74, 6) is -0.204. The van der Waals surface area contributed by atoms with Gasteiger partial charge < -0.3 is 14.7 Å². The standard InChI is InChI=1S/C9H15N2O3/c1-6(12)9(13)11-4-7-2-10-3-8(5-11)14-7/h6-8,12H,2-5H2,1H3/t6-,7?,8?/m1/s1. The summed E-state index contributed by atoms with van der Waals surface area (Å²) >= 11 is 0. The highest BCUT2D eigenvalue weighted by Crippen LogP contribution is 2.15. The van der Waals surface area contributed by atoms with E-state index in [0.29, 0.717) is 26.2 Å². The van der Waals surface area contributed by atoms with E-state index in [1.807, 2.05) is 0 Å². The molecule has 2 heterocycles. The van der Waals surface area contributed by atoms with Crippen LogP contribution < -0.4 is 5.32 Å². The van der Waals surface area contributed by atoms with Gasteiger partial charge >= 0.3 is 0 Å². The van der Waals surface area contributed by atoms with Crippen molar-refractivity contribution in [1.29, 1.82) is 0 Å². The lowest BCUT2D eigenvalue weighted by atomic mass is 10.1. The number of aliphatic hydroxyl groups excluding tert-OH is 1. The molecular formula is C9H15N2O3. The summed E-state index contributed by atoms with van der Waals surface area (Å²) < 4.78 is 5.61. The Morgan fingerprint density at radius 3 is 2.57 bits per heavy atom. The smallest absolute Gasteiger partial charge is 0.251 e. The van der Waals surface area contributed by atoms with Crippen LogP contribution in [0.15, 0.2) is 0 Å². The van der Waals surface area contributed by atoms with Crippen LogP contribution >= 0.6 is 0 Å². The van der Waals surface area contributed by atoms with Gasteiger partial charge in [0.25, 0.3) is 5.91 Å². The number of amides is 1. The second-order valence-corrected chi connectivity index (χ2v) is 3.89. The van der Waals surface area contributed by atoms with E-state index in [9.17, 15) is 9.90 Å². The molecular weight excluding hydrogens is 184 g/mol. The van der Waals surface area contributed by atoms with Crippen LogP contribution in [0.5, 0.6) is 0 Å². The van der Waals surface area contributed by atoms with Gasteiger partial charge in [-0.15, -0.1) is 0 Å². The fourth-order valence-corrected chi connectivity index (χ4v) is 1.93. The summed E-state index contributed by atoms with van der Waals surface area (Å²) in [4.78, 5) is 13.2. The third kappa shape index (κ3) is 1.89. The summed E-state index contributed by atoms with van der Waals surface area (Å²) in [6.07, 6.45) is -0.846. The molecule has 5 heteroatoms. The van der Waals surface area contributed by atoms with Crippen LogP contribution in [0, 0.1) is 0 Å². The molecule has 0 aliphatic carbocycles. The van der Waals surface area contributed by atoms with E-state index >= 15 is 0 Å². The molecule has 1 N–H and O–H groups in total. The van der Waals surface area contributed by atoms with Crippen LogP contribution in [0.2, 0.25) is 0 Å². The lowest BCUT2D eigenvalue weighted by molar-refractivity contribution is -0.156. The topological polar surface area (TPSA) is 63.9 Å². The molecule has 2 bridgehead atoms. The van der Waals surface area contributed by atoms with Crippen molar-refractivity contribution >= 4 is 5.91 Å². The number of nitrogens with zero attached hydrogens (tertiary/aromatic N) is 2. The number of carbonyl (C=O) groups is 1. The lowest BCUT2D eigenvalue weighted by Gasteiger charge is -2.41. The number of carbonyl (C=O) groups excluding carboxylic acids is 1. The van der Waals surface area contributed by atoms with Crippen LogP contribution in [-0.4, -0.2) is 60.4 Å². The molecule has 0 aromatic heterocycles. The first-order chi connectivity index (χ1) is 6.66. The van der Waals surface area contributed by atoms with E-state index in [1.54, 1.807) is 4.90 Å². The first-order valence-corrected chi connectivity index (χ1v) is 4.92. The summed E-state index contributed by atoms with van der Waals surface area (Å²) in [6, 6.07) is 0. The Balaban J connectivity index is 1.98. The van der Waals surface area contributed by atoms with E-state index in [2.05, 4.69) is 5.32 Å². The highest BCUT2D eigenvalue weighted by molar-refractivity contribution is 5.80. The summed E-state index contributed by atoms with van der Waals surface area (Å²) in [5.41, 5.74) is 0. The summed E-state index contributed by atoms with van der Waals surface area (Å²) in [5, 5.41) is 13.5. The van der Waals surface area contributed by atoms with Crippen LogP contribution in [-0.2, 0) is 9.53 Å². The van der Waals surface area contributed by atoms with Gasteiger partial charge in [-0.1, -0.05) is 0 Å². The summed E-state index contributed by atoms with van der Waals surface area (Å²) in [6.45, 7) is 3.95. The van der Waals surface area contributed by atoms with Crippen molar-refractivity contribution in [3.05, 3.63) is 0 Å². The van der Waals surface area contributed by atoms with E-state index in [-0.39, 0.29) is 18.1 Å². The van der Waals surface area contributed by atoms with Crippen molar-refractivity contribution in [1.82, 2.24) is 10.2 Å². The second-order valence-electron chi connectivity index (χ2n) is 3.89. The maximum atomic E-state index is 11.5. The van der Waals surface area contributed by atoms with Gasteiger partial charge in [-0.05, 0) is 6.92 Å². The van der Waals surface area contributed by atoms with Crippen LogP contribution in [0.1, 0.15) is 6.92 Å². The van der Waals surface area contributed by atoms with E-state index in [0.717, 1.165) is 0 Å². The minimum absolute atomic E-state index is 0.0326. The lowest BCUT2D eigenvalue weighted by Crippen LogP contribution is -2.59. The zero-order valence-electron chi connectivity index (χ0n) is 8.22. The molecule has 2 aliphatic heterocycles. The van der Waals surface area contributed by atoms with Gasteiger partial charge in [0.15, 0.2) is 0 Å². The molecule has 2 rings (SSSR count). The molecule has 0 aromatic rings. The normalized spacial score (nSPS) is 34.0. The minimum atomic E-state index is -0.911. The predicted octanol–water partition coefficient (Wildman–Crippen LogP) is -1.42. The maximum absolute atomic E-state index is 11.5. The van der Waals surface area contributed by atoms with Crippen molar-refractivity contribution in [2.24, 2.45) is 0 Å². The van der Waals surface area contributed by atoms with Crippen molar-refractivity contribution in [2.75, 3.05) is 26.2 Å². The number of hydrogen-bond donors (Lipinski definition) is 1. The Morgan fingerprint density at radius 2 is 2.07 bits per heavy atom. The fourth-order valence-electron chi connectivity index (χ4n) is 1.93. The molecule has 14 heavy (non-hydrogen) atoms. The Hall–Kier alpha value is -0.650. The minimum Gasteiger partial charge on any atom is -0.384 e. The molecule has 2 fully saturated rings. The van der Waals surface area contributed by atoms with Crippen LogP contribution in [0.3, 0.4) is 0 Å². The average molecular weight is 199 g/mol. The predicted molar refractivity (Wildman–Crippen MR) is 48.8 cm³/mol. The van der Waals surface area contributed by atoms with Crippen molar-refractivity contribution < 1.29 is 14.6 Å². The van der Waals surface area contributed by atoms with Gasteiger partial charge in [0, 0.05) is 26.2 Å². The van der Waals surface area contributed by atoms with Crippen molar-refractivity contribution in [2.45, 2.75) is 25.2 Å². The van der Waals surface area contributed by atoms with Gasteiger partial charge in [-0.2, -0.15) is 0 Å². The monoisotopic (exact) mass is 199 g/mol. The number of fused-ring (bicyclic) bond motifs is 2. The Labute approximate surface area is 83.0 Å². The Bertz CT molecular complexity index is 220. The molecule has 0 aromatic carbocycles. The Morgan fingerprint density at radius 1 is 1.50 bits per heavy atom. The van der Waals surface area contributed by atoms with Gasteiger partial charge in [0.05, 0.1) is 12.2 Å². The maximum Gasteiger partial charge on any atom is 0.251 e. The number of hydrogen-bond acceptors (Lipinski definition) is 3. The highest BCUT2D eigenvalue weighted by Gasteiger charge is 2.34. The first-order valence-electron chi connectivity index (χ1n) is 4.92. The molecule has 2 aliphatic rings. The molecule has 1 amide bonds. The molecule has 2 unspecified atom stereocenters. The SMILES string of the molecule is C[C@@H](O)C(=O)N1CC2C[N]CC(C1)O2. The molecule has 1 radical (unpaired) electrons. The molecule has 79 valence electrons. The zero-order chi connectivity index (χ0) is 10.1. The summed E-state index contributed by atoms with van der Waals surface area (Å²) in [7, 11) is 0. The number of morpholine rings is 2. The van der Waals surface area contributed by atoms with Gasteiger partial charge in [0.2, 0.25) is 0 Å². The third-order valence-corrected chi connectivity index (χ3v) is 2.57. The van der Waals surface area contributed by atoms with Crippen molar-refractivity contribution in [3.8, 4) is 0 Å². The third-order valence-electron chi connectivity index (χ3n) is 2.57. The second kappa shape index (κ2) is 3.84. The van der Waals surface area contributed by atoms with E-state index < -0.39 is 6.10 Å². The molecule has 5 nitrogen and oxygen atoms in total. The Kier molecular flexibility index (Phi) is 2.71. The van der Waals surface area contributed by atoms with Gasteiger partial charge in [0.1, 0.15) is 6.10 Å². The van der Waals surface area contributed by atoms with E-state index in [4.69, 9.17) is 4.74 Å². The molecule has 0 saturated carbocycles. The molecule has 0 spiro atoms. The number of aliphatic hydroxyl groups is 1. The fraction of sp³-hybridized carbons (Fsp3) is 0.889. The highest BCUT2D eigenvalue weighted by atomic mass is 16.5. The van der Waals surface area contributed by atoms with Crippen LogP contribution in [0.4, 0.5) is 0 Å². The van der Waals surface area contributed by atoms with Crippen LogP contribution in [0.25, 0.3) is 0 Å². The average Bonchev–Trinajstić information content (AvgIpc) is 2.15. The van der Waals surface area contributed by atoms with Gasteiger partial charge in [-0.25, -0.2) is 5.32 Å².